The molecule has 1 fully saturated rings. The van der Waals surface area contributed by atoms with Gasteiger partial charge in [0, 0.05) is 20.1 Å². The van der Waals surface area contributed by atoms with Gasteiger partial charge in [0.2, 0.25) is 0 Å². The van der Waals surface area contributed by atoms with Gasteiger partial charge in [-0.1, -0.05) is 13.3 Å². The number of aliphatic imine (C=N–C) groups is 1. The van der Waals surface area contributed by atoms with Gasteiger partial charge in [-0.25, -0.2) is 0 Å². The van der Waals surface area contributed by atoms with Gasteiger partial charge in [0.15, 0.2) is 5.96 Å². The van der Waals surface area contributed by atoms with Gasteiger partial charge in [-0.3, -0.25) is 4.99 Å². The number of likely N-dealkylation sites (N-methyl/N-ethyl adjacent to an activating group) is 1. The van der Waals surface area contributed by atoms with E-state index in [-0.39, 0.29) is 24.0 Å². The van der Waals surface area contributed by atoms with E-state index in [0.29, 0.717) is 12.6 Å². The summed E-state index contributed by atoms with van der Waals surface area (Å²) in [4.78, 5) is 6.49. The van der Waals surface area contributed by atoms with Crippen molar-refractivity contribution in [1.82, 2.24) is 10.2 Å². The zero-order valence-electron chi connectivity index (χ0n) is 15.1. The maximum absolute atomic E-state index is 5.77. The molecule has 2 rings (SSSR count). The van der Waals surface area contributed by atoms with Crippen LogP contribution in [-0.4, -0.2) is 51.3 Å². The van der Waals surface area contributed by atoms with E-state index in [1.807, 2.05) is 38.4 Å². The minimum Gasteiger partial charge on any atom is -0.497 e. The van der Waals surface area contributed by atoms with Crippen molar-refractivity contribution >= 4 is 29.9 Å². The number of ether oxygens (including phenoxy) is 2. The fourth-order valence-electron chi connectivity index (χ4n) is 2.70. The summed E-state index contributed by atoms with van der Waals surface area (Å²) in [5.74, 6) is 3.46. The second kappa shape index (κ2) is 10.6. The average molecular weight is 447 g/mol. The third-order valence-corrected chi connectivity index (χ3v) is 4.22. The fraction of sp³-hybridized carbons (Fsp3) is 0.611. The van der Waals surface area contributed by atoms with Crippen LogP contribution in [0.25, 0.3) is 0 Å². The van der Waals surface area contributed by atoms with Crippen LogP contribution in [-0.2, 0) is 0 Å². The average Bonchev–Trinajstić information content (AvgIpc) is 3.31. The minimum atomic E-state index is 0. The van der Waals surface area contributed by atoms with Crippen LogP contribution in [0.3, 0.4) is 0 Å². The van der Waals surface area contributed by atoms with E-state index in [2.05, 4.69) is 22.1 Å². The van der Waals surface area contributed by atoms with E-state index >= 15 is 0 Å². The molecule has 1 aliphatic carbocycles. The molecule has 1 N–H and O–H groups in total. The van der Waals surface area contributed by atoms with E-state index < -0.39 is 0 Å². The number of nitrogens with one attached hydrogen (secondary N) is 1. The summed E-state index contributed by atoms with van der Waals surface area (Å²) in [5, 5.41) is 3.54. The second-order valence-corrected chi connectivity index (χ2v) is 6.03. The van der Waals surface area contributed by atoms with Crippen molar-refractivity contribution in [3.05, 3.63) is 24.3 Å². The smallest absolute Gasteiger partial charge is 0.193 e. The van der Waals surface area contributed by atoms with Crippen molar-refractivity contribution in [1.29, 1.82) is 0 Å². The normalized spacial score (nSPS) is 19.2. The Hall–Kier alpha value is -1.18. The van der Waals surface area contributed by atoms with Gasteiger partial charge in [0.25, 0.3) is 0 Å². The highest BCUT2D eigenvalue weighted by atomic mass is 127. The van der Waals surface area contributed by atoms with Crippen LogP contribution >= 0.6 is 24.0 Å². The number of benzene rings is 1. The fourth-order valence-corrected chi connectivity index (χ4v) is 2.70. The lowest BCUT2D eigenvalue weighted by molar-refractivity contribution is 0.280. The maximum Gasteiger partial charge on any atom is 0.193 e. The molecule has 24 heavy (non-hydrogen) atoms. The van der Waals surface area contributed by atoms with Gasteiger partial charge in [0.1, 0.15) is 18.1 Å². The van der Waals surface area contributed by atoms with Crippen LogP contribution in [0.4, 0.5) is 0 Å². The van der Waals surface area contributed by atoms with E-state index in [0.717, 1.165) is 29.9 Å². The zero-order chi connectivity index (χ0) is 16.7. The number of halogens is 1. The Morgan fingerprint density at radius 2 is 1.96 bits per heavy atom. The molecule has 0 saturated heterocycles. The summed E-state index contributed by atoms with van der Waals surface area (Å²) in [7, 11) is 5.54. The molecule has 1 aromatic carbocycles. The number of hydrogen-bond acceptors (Lipinski definition) is 3. The molecule has 0 amide bonds. The Kier molecular flexibility index (Phi) is 9.25. The van der Waals surface area contributed by atoms with Crippen molar-refractivity contribution in [3.63, 3.8) is 0 Å². The molecule has 6 heteroatoms. The highest BCUT2D eigenvalue weighted by molar-refractivity contribution is 14.0. The highest BCUT2D eigenvalue weighted by Crippen LogP contribution is 2.34. The molecule has 0 radical (unpaired) electrons. The molecule has 5 nitrogen and oxygen atoms in total. The first-order valence-electron chi connectivity index (χ1n) is 8.39. The van der Waals surface area contributed by atoms with Crippen molar-refractivity contribution in [3.8, 4) is 11.5 Å². The molecule has 0 aliphatic heterocycles. The first-order valence-corrected chi connectivity index (χ1v) is 8.39. The van der Waals surface area contributed by atoms with E-state index in [9.17, 15) is 0 Å². The van der Waals surface area contributed by atoms with Crippen LogP contribution in [0.5, 0.6) is 11.5 Å². The maximum atomic E-state index is 5.77. The Morgan fingerprint density at radius 1 is 1.29 bits per heavy atom. The summed E-state index contributed by atoms with van der Waals surface area (Å²) in [6, 6.07) is 8.25. The summed E-state index contributed by atoms with van der Waals surface area (Å²) in [6.07, 6.45) is 3.83. The third kappa shape index (κ3) is 6.37. The molecule has 2 unspecified atom stereocenters. The minimum absolute atomic E-state index is 0. The third-order valence-electron chi connectivity index (χ3n) is 4.22. The Bertz CT molecular complexity index is 507. The van der Waals surface area contributed by atoms with Crippen molar-refractivity contribution in [2.45, 2.75) is 32.2 Å². The quantitative estimate of drug-likeness (QED) is 0.377. The monoisotopic (exact) mass is 447 g/mol. The predicted octanol–water partition coefficient (Wildman–Crippen LogP) is 3.39. The van der Waals surface area contributed by atoms with E-state index in [1.54, 1.807) is 7.11 Å². The van der Waals surface area contributed by atoms with Gasteiger partial charge in [-0.15, -0.1) is 24.0 Å². The van der Waals surface area contributed by atoms with Gasteiger partial charge in [0.05, 0.1) is 13.7 Å². The molecule has 0 heterocycles. The molecule has 1 saturated carbocycles. The number of methoxy groups -OCH3 is 1. The molecular weight excluding hydrogens is 417 g/mol. The van der Waals surface area contributed by atoms with Crippen LogP contribution in [0.2, 0.25) is 0 Å². The molecule has 2 atom stereocenters. The predicted molar refractivity (Wildman–Crippen MR) is 110 cm³/mol. The zero-order valence-corrected chi connectivity index (χ0v) is 17.4. The lowest BCUT2D eigenvalue weighted by Crippen LogP contribution is -2.42. The van der Waals surface area contributed by atoms with Crippen LogP contribution in [0.1, 0.15) is 26.2 Å². The van der Waals surface area contributed by atoms with Crippen molar-refractivity contribution in [2.75, 3.05) is 34.4 Å². The van der Waals surface area contributed by atoms with Crippen LogP contribution < -0.4 is 14.8 Å². The Labute approximate surface area is 162 Å². The van der Waals surface area contributed by atoms with Crippen LogP contribution in [0, 0.1) is 5.92 Å². The highest BCUT2D eigenvalue weighted by Gasteiger charge is 2.36. The van der Waals surface area contributed by atoms with Gasteiger partial charge < -0.3 is 19.7 Å². The summed E-state index contributed by atoms with van der Waals surface area (Å²) < 4.78 is 10.9. The van der Waals surface area contributed by atoms with E-state index in [4.69, 9.17) is 9.47 Å². The standard InChI is InChI=1S/C18H29N3O2.HI/c1-5-6-14-13-17(14)20-18(19-2)21(3)11-12-23-16-9-7-15(22-4)8-10-16;/h7-10,14,17H,5-6,11-13H2,1-4H3,(H,19,20);1H. The van der Waals surface area contributed by atoms with E-state index in [1.165, 1.54) is 19.3 Å². The largest absolute Gasteiger partial charge is 0.497 e. The second-order valence-electron chi connectivity index (χ2n) is 6.03. The summed E-state index contributed by atoms with van der Waals surface area (Å²) in [5.41, 5.74) is 0. The molecule has 0 spiro atoms. The number of hydrogen-bond donors (Lipinski definition) is 1. The molecule has 136 valence electrons. The SMILES string of the molecule is CCCC1CC1NC(=NC)N(C)CCOc1ccc(OC)cc1.I. The topological polar surface area (TPSA) is 46.1 Å². The first-order chi connectivity index (χ1) is 11.2. The van der Waals surface area contributed by atoms with Crippen molar-refractivity contribution in [2.24, 2.45) is 10.9 Å². The lowest BCUT2D eigenvalue weighted by atomic mass is 10.2. The van der Waals surface area contributed by atoms with Gasteiger partial charge in [-0.2, -0.15) is 0 Å². The van der Waals surface area contributed by atoms with Crippen molar-refractivity contribution < 1.29 is 9.47 Å². The lowest BCUT2D eigenvalue weighted by Gasteiger charge is -2.22. The number of guanidine groups is 1. The molecule has 1 aromatic rings. The summed E-state index contributed by atoms with van der Waals surface area (Å²) >= 11 is 0. The summed E-state index contributed by atoms with van der Waals surface area (Å²) in [6.45, 7) is 3.65. The van der Waals surface area contributed by atoms with Crippen LogP contribution in [0.15, 0.2) is 29.3 Å². The first kappa shape index (κ1) is 20.9. The number of nitrogens with zero attached hydrogens (tertiary/aromatic N) is 2. The van der Waals surface area contributed by atoms with Gasteiger partial charge >= 0.3 is 0 Å². The molecule has 0 bridgehead atoms. The number of rotatable bonds is 8. The molecular formula is C18H30IN3O2. The molecule has 0 aromatic heterocycles. The Morgan fingerprint density at radius 3 is 2.54 bits per heavy atom. The molecule has 1 aliphatic rings. The van der Waals surface area contributed by atoms with Gasteiger partial charge in [-0.05, 0) is 43.0 Å². The Balaban J connectivity index is 0.00000288.